The molecule has 94 valence electrons. The maximum atomic E-state index is 12.0. The van der Waals surface area contributed by atoms with Crippen LogP contribution in [0.1, 0.15) is 15.9 Å². The molecule has 1 rings (SSSR count). The number of hydrogen-bond acceptors (Lipinski definition) is 3. The molecule has 0 unspecified atom stereocenters. The smallest absolute Gasteiger partial charge is 0.335 e. The number of aromatic carboxylic acids is 1. The molecule has 17 heavy (non-hydrogen) atoms. The topological polar surface area (TPSA) is 74.7 Å². The molecule has 0 heterocycles. The fourth-order valence-electron chi connectivity index (χ4n) is 1.24. The Morgan fingerprint density at radius 1 is 1.35 bits per heavy atom. The van der Waals surface area contributed by atoms with Crippen molar-refractivity contribution in [3.05, 3.63) is 27.7 Å². The zero-order valence-corrected chi connectivity index (χ0v) is 12.0. The lowest BCUT2D eigenvalue weighted by Crippen LogP contribution is -2.23. The number of sulfonamides is 1. The van der Waals surface area contributed by atoms with Crippen LogP contribution in [0.25, 0.3) is 0 Å². The molecule has 1 aromatic rings. The summed E-state index contributed by atoms with van der Waals surface area (Å²) >= 11 is 3.16. The lowest BCUT2D eigenvalue weighted by Gasteiger charge is -2.15. The van der Waals surface area contributed by atoms with Crippen molar-refractivity contribution in [1.82, 2.24) is 4.31 Å². The van der Waals surface area contributed by atoms with Gasteiger partial charge in [0.2, 0.25) is 10.0 Å². The molecule has 1 aromatic carbocycles. The summed E-state index contributed by atoms with van der Waals surface area (Å²) in [6.07, 6.45) is 0. The maximum Gasteiger partial charge on any atom is 0.335 e. The van der Waals surface area contributed by atoms with E-state index < -0.39 is 16.0 Å². The monoisotopic (exact) mass is 321 g/mol. The first-order valence-electron chi connectivity index (χ1n) is 4.64. The molecule has 0 atom stereocenters. The number of halogens is 1. The molecule has 0 saturated carbocycles. The van der Waals surface area contributed by atoms with Crippen LogP contribution in [0.3, 0.4) is 0 Å². The third kappa shape index (κ3) is 2.67. The first kappa shape index (κ1) is 14.1. The van der Waals surface area contributed by atoms with Gasteiger partial charge in [-0.05, 0) is 24.6 Å². The second-order valence-corrected chi connectivity index (χ2v) is 6.65. The summed E-state index contributed by atoms with van der Waals surface area (Å²) in [7, 11) is -0.848. The zero-order chi connectivity index (χ0) is 13.4. The third-order valence-electron chi connectivity index (χ3n) is 2.30. The van der Waals surface area contributed by atoms with Crippen LogP contribution >= 0.6 is 15.9 Å². The van der Waals surface area contributed by atoms with Gasteiger partial charge >= 0.3 is 5.97 Å². The summed E-state index contributed by atoms with van der Waals surface area (Å²) in [6, 6.07) is 2.55. The Labute approximate surface area is 108 Å². The quantitative estimate of drug-likeness (QED) is 0.919. The molecule has 0 aliphatic carbocycles. The van der Waals surface area contributed by atoms with Gasteiger partial charge in [0, 0.05) is 18.6 Å². The highest BCUT2D eigenvalue weighted by Crippen LogP contribution is 2.27. The number of carbonyl (C=O) groups is 1. The third-order valence-corrected chi connectivity index (χ3v) is 5.07. The Morgan fingerprint density at radius 3 is 2.29 bits per heavy atom. The van der Waals surface area contributed by atoms with Gasteiger partial charge in [-0.15, -0.1) is 0 Å². The largest absolute Gasteiger partial charge is 0.478 e. The summed E-state index contributed by atoms with van der Waals surface area (Å²) in [5.74, 6) is -1.17. The summed E-state index contributed by atoms with van der Waals surface area (Å²) in [6.45, 7) is 1.62. The second kappa shape index (κ2) is 4.75. The van der Waals surface area contributed by atoms with Crippen molar-refractivity contribution in [2.45, 2.75) is 11.8 Å². The number of rotatable bonds is 3. The van der Waals surface area contributed by atoms with Crippen LogP contribution in [-0.2, 0) is 10.0 Å². The van der Waals surface area contributed by atoms with Crippen LogP contribution in [-0.4, -0.2) is 37.9 Å². The van der Waals surface area contributed by atoms with Crippen molar-refractivity contribution >= 4 is 31.9 Å². The molecular weight excluding hydrogens is 310 g/mol. The highest BCUT2D eigenvalue weighted by Gasteiger charge is 2.23. The molecule has 0 aliphatic rings. The van der Waals surface area contributed by atoms with Crippen molar-refractivity contribution in [3.8, 4) is 0 Å². The fourth-order valence-corrected chi connectivity index (χ4v) is 3.00. The van der Waals surface area contributed by atoms with Crippen molar-refractivity contribution in [1.29, 1.82) is 0 Å². The molecule has 5 nitrogen and oxygen atoms in total. The number of carboxylic acids is 1. The van der Waals surface area contributed by atoms with Gasteiger partial charge in [0.15, 0.2) is 0 Å². The average molecular weight is 322 g/mol. The van der Waals surface area contributed by atoms with Gasteiger partial charge in [-0.1, -0.05) is 15.9 Å². The van der Waals surface area contributed by atoms with Crippen LogP contribution in [0.2, 0.25) is 0 Å². The zero-order valence-electron chi connectivity index (χ0n) is 9.56. The predicted octanol–water partition coefficient (Wildman–Crippen LogP) is 1.71. The molecule has 0 fully saturated rings. The van der Waals surface area contributed by atoms with Gasteiger partial charge in [0.05, 0.1) is 10.5 Å². The van der Waals surface area contributed by atoms with Crippen molar-refractivity contribution in [2.24, 2.45) is 0 Å². The first-order valence-corrected chi connectivity index (χ1v) is 6.87. The van der Waals surface area contributed by atoms with E-state index in [2.05, 4.69) is 15.9 Å². The van der Waals surface area contributed by atoms with Crippen molar-refractivity contribution < 1.29 is 18.3 Å². The molecule has 0 amide bonds. The number of hydrogen-bond donors (Lipinski definition) is 1. The van der Waals surface area contributed by atoms with E-state index in [9.17, 15) is 13.2 Å². The van der Waals surface area contributed by atoms with Gasteiger partial charge in [-0.25, -0.2) is 17.5 Å². The van der Waals surface area contributed by atoms with E-state index in [1.807, 2.05) is 0 Å². The summed E-state index contributed by atoms with van der Waals surface area (Å²) in [5, 5.41) is 8.90. The minimum atomic E-state index is -3.65. The van der Waals surface area contributed by atoms with Gasteiger partial charge in [0.1, 0.15) is 0 Å². The molecule has 1 N–H and O–H groups in total. The minimum Gasteiger partial charge on any atom is -0.478 e. The van der Waals surface area contributed by atoms with E-state index in [4.69, 9.17) is 5.11 Å². The number of nitrogens with zero attached hydrogens (tertiary/aromatic N) is 1. The van der Waals surface area contributed by atoms with Crippen molar-refractivity contribution in [3.63, 3.8) is 0 Å². The maximum absolute atomic E-state index is 12.0. The van der Waals surface area contributed by atoms with Crippen molar-refractivity contribution in [2.75, 3.05) is 14.1 Å². The lowest BCUT2D eigenvalue weighted by molar-refractivity contribution is 0.0696. The minimum absolute atomic E-state index is 0.00530. The highest BCUT2D eigenvalue weighted by molar-refractivity contribution is 9.10. The molecular formula is C10H12BrNO4S. The molecule has 0 radical (unpaired) electrons. The molecule has 0 aliphatic heterocycles. The summed E-state index contributed by atoms with van der Waals surface area (Å²) in [5.41, 5.74) is 0.423. The lowest BCUT2D eigenvalue weighted by atomic mass is 10.1. The van der Waals surface area contributed by atoms with Gasteiger partial charge in [-0.2, -0.15) is 0 Å². The summed E-state index contributed by atoms with van der Waals surface area (Å²) < 4.78 is 25.5. The highest BCUT2D eigenvalue weighted by atomic mass is 79.9. The Hall–Kier alpha value is -0.920. The van der Waals surface area contributed by atoms with E-state index in [1.165, 1.54) is 20.2 Å². The summed E-state index contributed by atoms with van der Waals surface area (Å²) in [4.78, 5) is 10.9. The van der Waals surface area contributed by atoms with E-state index >= 15 is 0 Å². The van der Waals surface area contributed by atoms with E-state index in [0.717, 1.165) is 10.4 Å². The fraction of sp³-hybridized carbons (Fsp3) is 0.300. The molecule has 0 spiro atoms. The van der Waals surface area contributed by atoms with Gasteiger partial charge < -0.3 is 5.11 Å². The van der Waals surface area contributed by atoms with Gasteiger partial charge in [0.25, 0.3) is 0 Å². The Balaban J connectivity index is 3.60. The number of benzene rings is 1. The molecule has 0 aromatic heterocycles. The van der Waals surface area contributed by atoms with Crippen LogP contribution in [0.4, 0.5) is 0 Å². The Kier molecular flexibility index (Phi) is 3.95. The Morgan fingerprint density at radius 2 is 1.88 bits per heavy atom. The number of carboxylic acid groups (broad SMARTS) is 1. The van der Waals surface area contributed by atoms with E-state index in [1.54, 1.807) is 6.92 Å². The van der Waals surface area contributed by atoms with E-state index in [-0.39, 0.29) is 10.5 Å². The Bertz CT molecular complexity index is 566. The first-order chi connectivity index (χ1) is 7.67. The van der Waals surface area contributed by atoms with Crippen LogP contribution in [0, 0.1) is 6.92 Å². The normalized spacial score (nSPS) is 11.8. The second-order valence-electron chi connectivity index (χ2n) is 3.67. The molecule has 0 saturated heterocycles. The van der Waals surface area contributed by atoms with Crippen LogP contribution < -0.4 is 0 Å². The van der Waals surface area contributed by atoms with Gasteiger partial charge in [-0.3, -0.25) is 0 Å². The van der Waals surface area contributed by atoms with Crippen LogP contribution in [0.15, 0.2) is 21.5 Å². The predicted molar refractivity (Wildman–Crippen MR) is 66.7 cm³/mol. The molecule has 7 heteroatoms. The van der Waals surface area contributed by atoms with E-state index in [0.29, 0.717) is 10.0 Å². The standard InChI is InChI=1S/C10H12BrNO4S/c1-6-8(11)4-7(10(13)14)5-9(6)17(15,16)12(2)3/h4-5H,1-3H3,(H,13,14). The molecule has 0 bridgehead atoms. The average Bonchev–Trinajstić information content (AvgIpc) is 2.20. The van der Waals surface area contributed by atoms with Crippen LogP contribution in [0.5, 0.6) is 0 Å². The SMILES string of the molecule is Cc1c(Br)cc(C(=O)O)cc1S(=O)(=O)N(C)C.